The maximum Gasteiger partial charge on any atom is 0.221 e. The van der Waals surface area contributed by atoms with Crippen LogP contribution in [0.1, 0.15) is 12.5 Å². The van der Waals surface area contributed by atoms with Crippen LogP contribution in [-0.2, 0) is 11.3 Å². The lowest BCUT2D eigenvalue weighted by atomic mass is 10.2. The van der Waals surface area contributed by atoms with E-state index in [2.05, 4.69) is 15.6 Å². The van der Waals surface area contributed by atoms with E-state index in [4.69, 9.17) is 5.73 Å². The molecule has 0 aliphatic heterocycles. The van der Waals surface area contributed by atoms with E-state index >= 15 is 0 Å². The zero-order valence-electron chi connectivity index (χ0n) is 9.45. The average Bonchev–Trinajstić information content (AvgIpc) is 2.25. The van der Waals surface area contributed by atoms with E-state index in [9.17, 15) is 4.79 Å². The van der Waals surface area contributed by atoms with Crippen LogP contribution in [0.2, 0.25) is 0 Å². The topological polar surface area (TPSA) is 79.5 Å². The third-order valence-electron chi connectivity index (χ3n) is 1.96. The molecule has 5 nitrogen and oxygen atoms in total. The third-order valence-corrected chi connectivity index (χ3v) is 1.96. The lowest BCUT2D eigenvalue weighted by molar-refractivity contribution is -0.114. The Morgan fingerprint density at radius 1 is 1.50 bits per heavy atom. The van der Waals surface area contributed by atoms with Gasteiger partial charge in [0, 0.05) is 26.2 Å². The van der Waals surface area contributed by atoms with Crippen molar-refractivity contribution in [1.29, 1.82) is 0 Å². The first kappa shape index (κ1) is 12.0. The van der Waals surface area contributed by atoms with Gasteiger partial charge in [0.25, 0.3) is 0 Å². The molecule has 5 heteroatoms. The maximum absolute atomic E-state index is 10.9. The first-order valence-electron chi connectivity index (χ1n) is 4.94. The molecule has 0 heterocycles. The van der Waals surface area contributed by atoms with E-state index in [1.807, 2.05) is 24.3 Å². The SMILES string of the molecule is CN=C(N)NCc1cccc(NC(C)=O)c1. The number of anilines is 1. The van der Waals surface area contributed by atoms with Crippen molar-refractivity contribution < 1.29 is 4.79 Å². The van der Waals surface area contributed by atoms with E-state index in [-0.39, 0.29) is 5.91 Å². The van der Waals surface area contributed by atoms with Gasteiger partial charge in [0.1, 0.15) is 0 Å². The Labute approximate surface area is 94.8 Å². The van der Waals surface area contributed by atoms with Crippen molar-refractivity contribution in [2.75, 3.05) is 12.4 Å². The van der Waals surface area contributed by atoms with Gasteiger partial charge in [-0.2, -0.15) is 0 Å². The molecule has 1 aromatic rings. The largest absolute Gasteiger partial charge is 0.370 e. The molecule has 0 unspecified atom stereocenters. The van der Waals surface area contributed by atoms with Crippen LogP contribution in [0.3, 0.4) is 0 Å². The first-order chi connectivity index (χ1) is 7.61. The quantitative estimate of drug-likeness (QED) is 0.517. The number of hydrogen-bond donors (Lipinski definition) is 3. The molecule has 0 saturated heterocycles. The summed E-state index contributed by atoms with van der Waals surface area (Å²) in [6, 6.07) is 7.54. The number of nitrogens with two attached hydrogens (primary N) is 1. The monoisotopic (exact) mass is 220 g/mol. The number of rotatable bonds is 3. The zero-order valence-corrected chi connectivity index (χ0v) is 9.45. The van der Waals surface area contributed by atoms with Crippen LogP contribution in [0, 0.1) is 0 Å². The summed E-state index contributed by atoms with van der Waals surface area (Å²) in [6.45, 7) is 2.06. The number of carbonyl (C=O) groups is 1. The molecule has 0 atom stereocenters. The van der Waals surface area contributed by atoms with Crippen molar-refractivity contribution >= 4 is 17.6 Å². The number of benzene rings is 1. The summed E-state index contributed by atoms with van der Waals surface area (Å²) in [5, 5.41) is 5.66. The third kappa shape index (κ3) is 4.00. The summed E-state index contributed by atoms with van der Waals surface area (Å²) >= 11 is 0. The zero-order chi connectivity index (χ0) is 12.0. The van der Waals surface area contributed by atoms with Crippen molar-refractivity contribution in [3.8, 4) is 0 Å². The van der Waals surface area contributed by atoms with Crippen molar-refractivity contribution in [1.82, 2.24) is 5.32 Å². The molecular formula is C11H16N4O. The van der Waals surface area contributed by atoms with Crippen LogP contribution in [0.4, 0.5) is 5.69 Å². The van der Waals surface area contributed by atoms with Crippen molar-refractivity contribution in [3.63, 3.8) is 0 Å². The summed E-state index contributed by atoms with van der Waals surface area (Å²) in [4.78, 5) is 14.7. The Kier molecular flexibility index (Phi) is 4.32. The van der Waals surface area contributed by atoms with Gasteiger partial charge in [0.15, 0.2) is 5.96 Å². The predicted molar refractivity (Wildman–Crippen MR) is 65.1 cm³/mol. The number of nitrogens with zero attached hydrogens (tertiary/aromatic N) is 1. The first-order valence-corrected chi connectivity index (χ1v) is 4.94. The molecule has 16 heavy (non-hydrogen) atoms. The Balaban J connectivity index is 2.63. The highest BCUT2D eigenvalue weighted by Crippen LogP contribution is 2.10. The molecule has 0 aromatic heterocycles. The maximum atomic E-state index is 10.9. The number of carbonyl (C=O) groups excluding carboxylic acids is 1. The number of hydrogen-bond acceptors (Lipinski definition) is 2. The molecule has 1 rings (SSSR count). The summed E-state index contributed by atoms with van der Waals surface area (Å²) in [6.07, 6.45) is 0. The second kappa shape index (κ2) is 5.75. The molecule has 1 amide bonds. The summed E-state index contributed by atoms with van der Waals surface area (Å²) in [7, 11) is 1.62. The highest BCUT2D eigenvalue weighted by molar-refractivity contribution is 5.88. The van der Waals surface area contributed by atoms with Gasteiger partial charge in [-0.05, 0) is 17.7 Å². The minimum Gasteiger partial charge on any atom is -0.370 e. The van der Waals surface area contributed by atoms with E-state index in [0.717, 1.165) is 11.3 Å². The molecule has 0 aliphatic carbocycles. The van der Waals surface area contributed by atoms with Gasteiger partial charge in [-0.25, -0.2) is 0 Å². The lowest BCUT2D eigenvalue weighted by Crippen LogP contribution is -2.30. The molecule has 86 valence electrons. The lowest BCUT2D eigenvalue weighted by Gasteiger charge is -2.07. The number of guanidine groups is 1. The number of aliphatic imine (C=N–C) groups is 1. The second-order valence-corrected chi connectivity index (χ2v) is 3.34. The van der Waals surface area contributed by atoms with Gasteiger partial charge >= 0.3 is 0 Å². The van der Waals surface area contributed by atoms with Crippen LogP contribution in [0.5, 0.6) is 0 Å². The van der Waals surface area contributed by atoms with Crippen molar-refractivity contribution in [2.45, 2.75) is 13.5 Å². The fraction of sp³-hybridized carbons (Fsp3) is 0.273. The van der Waals surface area contributed by atoms with Gasteiger partial charge in [0.2, 0.25) is 5.91 Å². The summed E-state index contributed by atoms with van der Waals surface area (Å²) in [5.74, 6) is 0.310. The molecule has 0 spiro atoms. The van der Waals surface area contributed by atoms with Crippen molar-refractivity contribution in [3.05, 3.63) is 29.8 Å². The van der Waals surface area contributed by atoms with Gasteiger partial charge in [-0.1, -0.05) is 12.1 Å². The van der Waals surface area contributed by atoms with E-state index in [1.165, 1.54) is 6.92 Å². The molecular weight excluding hydrogens is 204 g/mol. The molecule has 1 aromatic carbocycles. The molecule has 0 aliphatic rings. The Hall–Kier alpha value is -2.04. The van der Waals surface area contributed by atoms with E-state index in [0.29, 0.717) is 12.5 Å². The Bertz CT molecular complexity index is 401. The normalized spacial score (nSPS) is 11.0. The second-order valence-electron chi connectivity index (χ2n) is 3.34. The molecule has 0 saturated carbocycles. The highest BCUT2D eigenvalue weighted by Gasteiger charge is 1.98. The van der Waals surface area contributed by atoms with Gasteiger partial charge in [-0.3, -0.25) is 9.79 Å². The fourth-order valence-corrected chi connectivity index (χ4v) is 1.23. The Morgan fingerprint density at radius 3 is 2.88 bits per heavy atom. The average molecular weight is 220 g/mol. The van der Waals surface area contributed by atoms with Crippen LogP contribution >= 0.6 is 0 Å². The van der Waals surface area contributed by atoms with Gasteiger partial charge < -0.3 is 16.4 Å². The van der Waals surface area contributed by atoms with Crippen molar-refractivity contribution in [2.24, 2.45) is 10.7 Å². The van der Waals surface area contributed by atoms with Gasteiger partial charge in [-0.15, -0.1) is 0 Å². The van der Waals surface area contributed by atoms with Crippen LogP contribution < -0.4 is 16.4 Å². The minimum absolute atomic E-state index is 0.0836. The van der Waals surface area contributed by atoms with Gasteiger partial charge in [0.05, 0.1) is 0 Å². The molecule has 0 bridgehead atoms. The van der Waals surface area contributed by atoms with Crippen LogP contribution in [-0.4, -0.2) is 18.9 Å². The standard InChI is InChI=1S/C11H16N4O/c1-8(16)15-10-5-3-4-9(6-10)7-14-11(12)13-2/h3-6H,7H2,1-2H3,(H,15,16)(H3,12,13,14). The molecule has 0 radical (unpaired) electrons. The fourth-order valence-electron chi connectivity index (χ4n) is 1.23. The smallest absolute Gasteiger partial charge is 0.221 e. The Morgan fingerprint density at radius 2 is 2.25 bits per heavy atom. The summed E-state index contributed by atoms with van der Waals surface area (Å²) in [5.41, 5.74) is 7.31. The number of nitrogens with one attached hydrogen (secondary N) is 2. The predicted octanol–water partition coefficient (Wildman–Crippen LogP) is 0.679. The highest BCUT2D eigenvalue weighted by atomic mass is 16.1. The molecule has 0 fully saturated rings. The van der Waals surface area contributed by atoms with Crippen LogP contribution in [0.25, 0.3) is 0 Å². The minimum atomic E-state index is -0.0836. The number of amides is 1. The summed E-state index contributed by atoms with van der Waals surface area (Å²) < 4.78 is 0. The molecule has 4 N–H and O–H groups in total. The van der Waals surface area contributed by atoms with Crippen LogP contribution in [0.15, 0.2) is 29.3 Å². The van der Waals surface area contributed by atoms with E-state index in [1.54, 1.807) is 7.05 Å². The van der Waals surface area contributed by atoms with E-state index < -0.39 is 0 Å².